The molecule has 2 rings (SSSR count). The summed E-state index contributed by atoms with van der Waals surface area (Å²) in [7, 11) is 1.69. The maximum absolute atomic E-state index is 5.58. The van der Waals surface area contributed by atoms with Crippen molar-refractivity contribution < 1.29 is 4.74 Å². The fourth-order valence-corrected chi connectivity index (χ4v) is 1.74. The van der Waals surface area contributed by atoms with E-state index in [1.807, 2.05) is 30.3 Å². The van der Waals surface area contributed by atoms with Crippen molar-refractivity contribution in [1.82, 2.24) is 4.98 Å². The molecule has 4 heteroatoms. The maximum Gasteiger partial charge on any atom is 0.126 e. The summed E-state index contributed by atoms with van der Waals surface area (Å²) in [6.07, 6.45) is 2.53. The monoisotopic (exact) mass is 243 g/mol. The van der Waals surface area contributed by atoms with Gasteiger partial charge in [0, 0.05) is 6.54 Å². The minimum absolute atomic E-state index is 0.672. The lowest BCUT2D eigenvalue weighted by molar-refractivity contribution is 0.410. The van der Waals surface area contributed by atoms with Crippen molar-refractivity contribution in [1.29, 1.82) is 0 Å². The van der Waals surface area contributed by atoms with Crippen LogP contribution in [0.5, 0.6) is 5.75 Å². The number of nitrogens with zero attached hydrogens (tertiary/aromatic N) is 1. The van der Waals surface area contributed by atoms with Gasteiger partial charge in [0.25, 0.3) is 0 Å². The van der Waals surface area contributed by atoms with Crippen molar-refractivity contribution in [2.24, 2.45) is 0 Å². The number of rotatable bonds is 5. The van der Waals surface area contributed by atoms with Gasteiger partial charge in [-0.15, -0.1) is 0 Å². The maximum atomic E-state index is 5.58. The number of anilines is 2. The highest BCUT2D eigenvalue weighted by Crippen LogP contribution is 2.17. The van der Waals surface area contributed by atoms with E-state index in [1.165, 1.54) is 5.56 Å². The molecular formula is C14H17N3O. The zero-order chi connectivity index (χ0) is 12.8. The summed E-state index contributed by atoms with van der Waals surface area (Å²) < 4.78 is 5.30. The number of para-hydroxylation sites is 1. The molecule has 94 valence electrons. The largest absolute Gasteiger partial charge is 0.496 e. The molecule has 0 atom stereocenters. The Morgan fingerprint density at radius 2 is 2.06 bits per heavy atom. The van der Waals surface area contributed by atoms with Gasteiger partial charge in [-0.1, -0.05) is 18.2 Å². The van der Waals surface area contributed by atoms with Crippen molar-refractivity contribution >= 4 is 11.5 Å². The molecule has 18 heavy (non-hydrogen) atoms. The van der Waals surface area contributed by atoms with Crippen LogP contribution < -0.4 is 15.8 Å². The number of ether oxygens (including phenoxy) is 1. The van der Waals surface area contributed by atoms with Crippen LogP contribution in [0.2, 0.25) is 0 Å². The highest BCUT2D eigenvalue weighted by atomic mass is 16.5. The SMILES string of the molecule is COc1ccccc1CCNc1ccc(N)cn1. The van der Waals surface area contributed by atoms with Gasteiger partial charge in [-0.05, 0) is 30.2 Å². The molecule has 0 saturated heterocycles. The second-order valence-electron chi connectivity index (χ2n) is 3.97. The average molecular weight is 243 g/mol. The van der Waals surface area contributed by atoms with Crippen molar-refractivity contribution in [3.8, 4) is 5.75 Å². The Morgan fingerprint density at radius 3 is 2.78 bits per heavy atom. The molecule has 1 aromatic heterocycles. The van der Waals surface area contributed by atoms with E-state index < -0.39 is 0 Å². The van der Waals surface area contributed by atoms with E-state index in [0.717, 1.165) is 24.5 Å². The molecule has 4 nitrogen and oxygen atoms in total. The summed E-state index contributed by atoms with van der Waals surface area (Å²) in [6.45, 7) is 0.803. The summed E-state index contributed by atoms with van der Waals surface area (Å²) in [6, 6.07) is 11.7. The van der Waals surface area contributed by atoms with Gasteiger partial charge in [-0.2, -0.15) is 0 Å². The first-order chi connectivity index (χ1) is 8.79. The Bertz CT molecular complexity index is 497. The van der Waals surface area contributed by atoms with Crippen molar-refractivity contribution in [3.63, 3.8) is 0 Å². The van der Waals surface area contributed by atoms with Crippen molar-refractivity contribution in [3.05, 3.63) is 48.2 Å². The Kier molecular flexibility index (Phi) is 4.02. The van der Waals surface area contributed by atoms with Gasteiger partial charge in [0.1, 0.15) is 11.6 Å². The smallest absolute Gasteiger partial charge is 0.126 e. The normalized spacial score (nSPS) is 10.1. The molecule has 0 radical (unpaired) electrons. The molecule has 0 spiro atoms. The van der Waals surface area contributed by atoms with Crippen LogP contribution in [-0.2, 0) is 6.42 Å². The molecule has 0 unspecified atom stereocenters. The second kappa shape index (κ2) is 5.91. The zero-order valence-corrected chi connectivity index (χ0v) is 10.4. The number of nitrogens with one attached hydrogen (secondary N) is 1. The van der Waals surface area contributed by atoms with Crippen LogP contribution in [0.25, 0.3) is 0 Å². The first kappa shape index (κ1) is 12.2. The zero-order valence-electron chi connectivity index (χ0n) is 10.4. The number of methoxy groups -OCH3 is 1. The quantitative estimate of drug-likeness (QED) is 0.846. The minimum Gasteiger partial charge on any atom is -0.496 e. The van der Waals surface area contributed by atoms with Crippen LogP contribution in [0.4, 0.5) is 11.5 Å². The Balaban J connectivity index is 1.90. The van der Waals surface area contributed by atoms with Crippen LogP contribution in [0, 0.1) is 0 Å². The van der Waals surface area contributed by atoms with E-state index in [0.29, 0.717) is 5.69 Å². The molecule has 0 amide bonds. The third kappa shape index (κ3) is 3.13. The fourth-order valence-electron chi connectivity index (χ4n) is 1.74. The van der Waals surface area contributed by atoms with Crippen LogP contribution in [0.15, 0.2) is 42.6 Å². The van der Waals surface area contributed by atoms with Crippen molar-refractivity contribution in [2.45, 2.75) is 6.42 Å². The summed E-state index contributed by atoms with van der Waals surface area (Å²) in [5.74, 6) is 1.75. The number of nitrogens with two attached hydrogens (primary N) is 1. The topological polar surface area (TPSA) is 60.2 Å². The molecule has 0 bridgehead atoms. The average Bonchev–Trinajstić information content (AvgIpc) is 2.41. The Labute approximate surface area is 107 Å². The summed E-state index contributed by atoms with van der Waals surface area (Å²) in [5, 5.41) is 3.25. The van der Waals surface area contributed by atoms with E-state index in [9.17, 15) is 0 Å². The predicted octanol–water partition coefficient (Wildman–Crippen LogP) is 2.33. The molecule has 1 heterocycles. The first-order valence-corrected chi connectivity index (χ1v) is 5.87. The predicted molar refractivity (Wildman–Crippen MR) is 73.8 cm³/mol. The third-order valence-electron chi connectivity index (χ3n) is 2.68. The summed E-state index contributed by atoms with van der Waals surface area (Å²) in [5.41, 5.74) is 7.43. The number of nitrogen functional groups attached to an aromatic ring is 1. The van der Waals surface area contributed by atoms with Crippen molar-refractivity contribution in [2.75, 3.05) is 24.7 Å². The first-order valence-electron chi connectivity index (χ1n) is 5.87. The molecule has 3 N–H and O–H groups in total. The summed E-state index contributed by atoms with van der Waals surface area (Å²) >= 11 is 0. The van der Waals surface area contributed by atoms with Crippen LogP contribution in [-0.4, -0.2) is 18.6 Å². The van der Waals surface area contributed by atoms with Gasteiger partial charge in [-0.3, -0.25) is 0 Å². The molecule has 1 aromatic carbocycles. The van der Waals surface area contributed by atoms with E-state index in [2.05, 4.69) is 16.4 Å². The van der Waals surface area contributed by atoms with Crippen LogP contribution in [0.1, 0.15) is 5.56 Å². The lowest BCUT2D eigenvalue weighted by Gasteiger charge is -2.09. The van der Waals surface area contributed by atoms with Gasteiger partial charge in [0.15, 0.2) is 0 Å². The second-order valence-corrected chi connectivity index (χ2v) is 3.97. The molecule has 2 aromatic rings. The summed E-state index contributed by atoms with van der Waals surface area (Å²) in [4.78, 5) is 4.18. The van der Waals surface area contributed by atoms with Gasteiger partial charge < -0.3 is 15.8 Å². The molecule has 0 aliphatic heterocycles. The highest BCUT2D eigenvalue weighted by molar-refractivity contribution is 5.44. The Hall–Kier alpha value is -2.23. The molecule has 0 aliphatic carbocycles. The standard InChI is InChI=1S/C14H17N3O/c1-18-13-5-3-2-4-11(13)8-9-16-14-7-6-12(15)10-17-14/h2-7,10H,8-9,15H2,1H3,(H,16,17). The highest BCUT2D eigenvalue weighted by Gasteiger charge is 2.01. The lowest BCUT2D eigenvalue weighted by atomic mass is 10.1. The number of hydrogen-bond acceptors (Lipinski definition) is 4. The van der Waals surface area contributed by atoms with Gasteiger partial charge >= 0.3 is 0 Å². The lowest BCUT2D eigenvalue weighted by Crippen LogP contribution is -2.07. The van der Waals surface area contributed by atoms with E-state index in [1.54, 1.807) is 13.3 Å². The minimum atomic E-state index is 0.672. The third-order valence-corrected chi connectivity index (χ3v) is 2.68. The van der Waals surface area contributed by atoms with Crippen LogP contribution in [0.3, 0.4) is 0 Å². The number of pyridine rings is 1. The molecule has 0 saturated carbocycles. The van der Waals surface area contributed by atoms with E-state index in [-0.39, 0.29) is 0 Å². The molecule has 0 fully saturated rings. The number of aromatic nitrogens is 1. The van der Waals surface area contributed by atoms with E-state index in [4.69, 9.17) is 10.5 Å². The molecule has 0 aliphatic rings. The fraction of sp³-hybridized carbons (Fsp3) is 0.214. The molecular weight excluding hydrogens is 226 g/mol. The number of hydrogen-bond donors (Lipinski definition) is 2. The van der Waals surface area contributed by atoms with Crippen LogP contribution >= 0.6 is 0 Å². The van der Waals surface area contributed by atoms with Gasteiger partial charge in [0.05, 0.1) is 19.0 Å². The van der Waals surface area contributed by atoms with E-state index >= 15 is 0 Å². The van der Waals surface area contributed by atoms with Gasteiger partial charge in [0.2, 0.25) is 0 Å². The Morgan fingerprint density at radius 1 is 1.22 bits per heavy atom. The van der Waals surface area contributed by atoms with Gasteiger partial charge in [-0.25, -0.2) is 4.98 Å². The number of benzene rings is 1.